The second kappa shape index (κ2) is 5.47. The molecule has 2 aromatic heterocycles. The maximum atomic E-state index is 12.5. The molecule has 0 radical (unpaired) electrons. The summed E-state index contributed by atoms with van der Waals surface area (Å²) in [4.78, 5) is 37.1. The van der Waals surface area contributed by atoms with Crippen LogP contribution in [-0.4, -0.2) is 32.3 Å². The third-order valence-electron chi connectivity index (χ3n) is 3.60. The number of rotatable bonds is 2. The van der Waals surface area contributed by atoms with E-state index >= 15 is 0 Å². The number of carbonyl (C=O) groups is 1. The fourth-order valence-corrected chi connectivity index (χ4v) is 2.69. The highest BCUT2D eigenvalue weighted by atomic mass is 16.2. The van der Waals surface area contributed by atoms with Gasteiger partial charge in [-0.05, 0) is 31.9 Å². The van der Waals surface area contributed by atoms with Crippen molar-refractivity contribution in [3.05, 3.63) is 58.0 Å². The molecular formula is C15H16N4O2. The Morgan fingerprint density at radius 2 is 2.29 bits per heavy atom. The maximum Gasteiger partial charge on any atom is 0.273 e. The first-order valence-electron chi connectivity index (χ1n) is 6.95. The lowest BCUT2D eigenvalue weighted by atomic mass is 10.2. The molecular weight excluding hydrogens is 268 g/mol. The molecule has 1 amide bonds. The average Bonchev–Trinajstić information content (AvgIpc) is 2.96. The predicted molar refractivity (Wildman–Crippen MR) is 76.8 cm³/mol. The Morgan fingerprint density at radius 1 is 1.43 bits per heavy atom. The van der Waals surface area contributed by atoms with Crippen molar-refractivity contribution in [2.75, 3.05) is 6.54 Å². The number of aromatic nitrogens is 3. The van der Waals surface area contributed by atoms with Gasteiger partial charge in [0.2, 0.25) is 0 Å². The molecule has 1 atom stereocenters. The van der Waals surface area contributed by atoms with Gasteiger partial charge in [0.15, 0.2) is 0 Å². The summed E-state index contributed by atoms with van der Waals surface area (Å²) < 4.78 is 0. The van der Waals surface area contributed by atoms with Crippen LogP contribution < -0.4 is 5.56 Å². The van der Waals surface area contributed by atoms with Gasteiger partial charge in [-0.2, -0.15) is 0 Å². The minimum atomic E-state index is -0.188. The average molecular weight is 284 g/mol. The number of aryl methyl sites for hydroxylation is 1. The first-order valence-corrected chi connectivity index (χ1v) is 6.95. The van der Waals surface area contributed by atoms with E-state index in [1.807, 2.05) is 0 Å². The van der Waals surface area contributed by atoms with Crippen molar-refractivity contribution in [2.24, 2.45) is 0 Å². The Balaban J connectivity index is 1.92. The van der Waals surface area contributed by atoms with Crippen LogP contribution in [0.15, 0.2) is 35.3 Å². The van der Waals surface area contributed by atoms with Crippen molar-refractivity contribution < 1.29 is 4.79 Å². The zero-order valence-electron chi connectivity index (χ0n) is 11.7. The number of amides is 1. The van der Waals surface area contributed by atoms with Gasteiger partial charge in [0.25, 0.3) is 11.5 Å². The Bertz CT molecular complexity index is 711. The minimum absolute atomic E-state index is 0.123. The molecule has 0 aromatic carbocycles. The molecule has 1 aliphatic heterocycles. The van der Waals surface area contributed by atoms with Gasteiger partial charge in [0.05, 0.1) is 6.04 Å². The number of hydrogen-bond donors (Lipinski definition) is 1. The molecule has 1 N–H and O–H groups in total. The predicted octanol–water partition coefficient (Wildman–Crippen LogP) is 1.45. The van der Waals surface area contributed by atoms with Crippen LogP contribution in [0.5, 0.6) is 0 Å². The lowest BCUT2D eigenvalue weighted by Gasteiger charge is -2.23. The molecule has 3 rings (SSSR count). The zero-order chi connectivity index (χ0) is 14.8. The van der Waals surface area contributed by atoms with Crippen LogP contribution in [-0.2, 0) is 0 Å². The third kappa shape index (κ3) is 2.69. The number of likely N-dealkylation sites (tertiary alicyclic amines) is 1. The van der Waals surface area contributed by atoms with E-state index in [0.717, 1.165) is 12.8 Å². The fraction of sp³-hybridized carbons (Fsp3) is 0.333. The Kier molecular flexibility index (Phi) is 3.51. The van der Waals surface area contributed by atoms with Gasteiger partial charge in [-0.15, -0.1) is 0 Å². The van der Waals surface area contributed by atoms with E-state index < -0.39 is 0 Å². The molecule has 6 nitrogen and oxygen atoms in total. The van der Waals surface area contributed by atoms with Crippen molar-refractivity contribution in [3.63, 3.8) is 0 Å². The third-order valence-corrected chi connectivity index (χ3v) is 3.60. The van der Waals surface area contributed by atoms with Crippen LogP contribution in [0.1, 0.15) is 40.9 Å². The van der Waals surface area contributed by atoms with E-state index in [1.165, 1.54) is 6.07 Å². The molecule has 108 valence electrons. The largest absolute Gasteiger partial charge is 0.327 e. The molecule has 0 spiro atoms. The van der Waals surface area contributed by atoms with Gasteiger partial charge < -0.3 is 9.88 Å². The molecule has 0 unspecified atom stereocenters. The molecule has 0 bridgehead atoms. The van der Waals surface area contributed by atoms with Gasteiger partial charge in [-0.3, -0.25) is 14.6 Å². The Hall–Kier alpha value is -2.50. The Labute approximate surface area is 121 Å². The highest BCUT2D eigenvalue weighted by molar-refractivity contribution is 5.92. The Morgan fingerprint density at radius 3 is 3.00 bits per heavy atom. The minimum Gasteiger partial charge on any atom is -0.327 e. The molecule has 6 heteroatoms. The van der Waals surface area contributed by atoms with E-state index in [9.17, 15) is 9.59 Å². The fourth-order valence-electron chi connectivity index (χ4n) is 2.69. The molecule has 1 fully saturated rings. The first-order chi connectivity index (χ1) is 10.1. The molecule has 0 aliphatic carbocycles. The number of pyridine rings is 1. The van der Waals surface area contributed by atoms with Crippen molar-refractivity contribution in [2.45, 2.75) is 25.8 Å². The van der Waals surface area contributed by atoms with Crippen LogP contribution in [0.4, 0.5) is 0 Å². The van der Waals surface area contributed by atoms with E-state index in [2.05, 4.69) is 15.0 Å². The number of H-pyrrole nitrogens is 1. The lowest BCUT2D eigenvalue weighted by molar-refractivity contribution is 0.0723. The van der Waals surface area contributed by atoms with Gasteiger partial charge in [0.1, 0.15) is 11.5 Å². The summed E-state index contributed by atoms with van der Waals surface area (Å²) in [5.41, 5.74) is 0.889. The van der Waals surface area contributed by atoms with Crippen LogP contribution in [0.25, 0.3) is 0 Å². The smallest absolute Gasteiger partial charge is 0.273 e. The van der Waals surface area contributed by atoms with E-state index in [1.54, 1.807) is 36.2 Å². The maximum absolute atomic E-state index is 12.5. The normalized spacial score (nSPS) is 18.0. The summed E-state index contributed by atoms with van der Waals surface area (Å²) in [6.07, 6.45) is 3.29. The highest BCUT2D eigenvalue weighted by Gasteiger charge is 2.32. The summed E-state index contributed by atoms with van der Waals surface area (Å²) in [6.45, 7) is 2.43. The lowest BCUT2D eigenvalue weighted by Crippen LogP contribution is -2.33. The van der Waals surface area contributed by atoms with E-state index in [4.69, 9.17) is 0 Å². The topological polar surface area (TPSA) is 79.0 Å². The molecule has 0 saturated carbocycles. The van der Waals surface area contributed by atoms with Crippen molar-refractivity contribution >= 4 is 5.91 Å². The summed E-state index contributed by atoms with van der Waals surface area (Å²) in [7, 11) is 0. The van der Waals surface area contributed by atoms with Gasteiger partial charge >= 0.3 is 0 Å². The number of carbonyl (C=O) groups excluding carboxylic acids is 1. The molecule has 2 aromatic rings. The van der Waals surface area contributed by atoms with Crippen molar-refractivity contribution in [3.8, 4) is 0 Å². The SMILES string of the molecule is Cc1cc(=O)[nH]c([C@@H]2CCCN2C(=O)c2ccccn2)n1. The summed E-state index contributed by atoms with van der Waals surface area (Å²) in [5.74, 6) is 0.434. The number of aromatic amines is 1. The second-order valence-electron chi connectivity index (χ2n) is 5.14. The number of nitrogens with zero attached hydrogens (tertiary/aromatic N) is 3. The van der Waals surface area contributed by atoms with Crippen LogP contribution in [0, 0.1) is 6.92 Å². The van der Waals surface area contributed by atoms with Gasteiger partial charge in [0, 0.05) is 24.5 Å². The van der Waals surface area contributed by atoms with E-state index in [-0.39, 0.29) is 17.5 Å². The first kappa shape index (κ1) is 13.5. The molecule has 1 saturated heterocycles. The summed E-state index contributed by atoms with van der Waals surface area (Å²) in [5, 5.41) is 0. The van der Waals surface area contributed by atoms with Crippen LogP contribution >= 0.6 is 0 Å². The van der Waals surface area contributed by atoms with Gasteiger partial charge in [-0.25, -0.2) is 4.98 Å². The summed E-state index contributed by atoms with van der Waals surface area (Å²) >= 11 is 0. The second-order valence-corrected chi connectivity index (χ2v) is 5.14. The van der Waals surface area contributed by atoms with Crippen molar-refractivity contribution in [1.82, 2.24) is 19.9 Å². The zero-order valence-corrected chi connectivity index (χ0v) is 11.7. The van der Waals surface area contributed by atoms with Crippen LogP contribution in [0.2, 0.25) is 0 Å². The highest BCUT2D eigenvalue weighted by Crippen LogP contribution is 2.30. The monoisotopic (exact) mass is 284 g/mol. The number of nitrogens with one attached hydrogen (secondary N) is 1. The summed E-state index contributed by atoms with van der Waals surface area (Å²) in [6, 6.07) is 6.52. The molecule has 21 heavy (non-hydrogen) atoms. The molecule has 3 heterocycles. The van der Waals surface area contributed by atoms with Gasteiger partial charge in [-0.1, -0.05) is 6.07 Å². The van der Waals surface area contributed by atoms with Crippen molar-refractivity contribution in [1.29, 1.82) is 0 Å². The number of hydrogen-bond acceptors (Lipinski definition) is 4. The van der Waals surface area contributed by atoms with E-state index in [0.29, 0.717) is 23.8 Å². The standard InChI is InChI=1S/C15H16N4O2/c1-10-9-13(20)18-14(17-10)12-6-4-8-19(12)15(21)11-5-2-3-7-16-11/h2-3,5,7,9,12H,4,6,8H2,1H3,(H,17,18,20)/t12-/m0/s1. The molecule has 1 aliphatic rings. The quantitative estimate of drug-likeness (QED) is 0.905. The van der Waals surface area contributed by atoms with Crippen LogP contribution in [0.3, 0.4) is 0 Å².